The molecule has 2 atom stereocenters. The minimum Gasteiger partial charge on any atom is -0.465 e. The maximum absolute atomic E-state index is 11.1. The third kappa shape index (κ3) is 4.85. The van der Waals surface area contributed by atoms with Gasteiger partial charge < -0.3 is 25.5 Å². The van der Waals surface area contributed by atoms with Gasteiger partial charge in [-0.05, 0) is 30.6 Å². The third-order valence-electron chi connectivity index (χ3n) is 5.18. The molecular formula is C17H30N4O3Si. The number of pyridine rings is 1. The normalized spacial score (nSPS) is 21.9. The number of carboxylic acid groups (broad SMARTS) is 1. The molecule has 0 aliphatic carbocycles. The maximum atomic E-state index is 11.1. The predicted octanol–water partition coefficient (Wildman–Crippen LogP) is 2.90. The zero-order chi connectivity index (χ0) is 18.8. The number of hydrogen-bond acceptors (Lipinski definition) is 5. The van der Waals surface area contributed by atoms with Crippen molar-refractivity contribution in [2.24, 2.45) is 0 Å². The summed E-state index contributed by atoms with van der Waals surface area (Å²) in [6.07, 6.45) is 2.93. The Bertz CT molecular complexity index is 618. The Labute approximate surface area is 150 Å². The summed E-state index contributed by atoms with van der Waals surface area (Å²) in [5.74, 6) is 0. The number of nitrogens with two attached hydrogens (primary N) is 1. The van der Waals surface area contributed by atoms with Crippen molar-refractivity contribution < 1.29 is 14.3 Å². The fourth-order valence-corrected chi connectivity index (χ4v) is 4.25. The van der Waals surface area contributed by atoms with E-state index in [1.165, 1.54) is 0 Å². The Morgan fingerprint density at radius 1 is 1.44 bits per heavy atom. The molecule has 1 aromatic heterocycles. The van der Waals surface area contributed by atoms with Crippen molar-refractivity contribution >= 4 is 25.8 Å². The minimum absolute atomic E-state index is 0.0425. The summed E-state index contributed by atoms with van der Waals surface area (Å²) in [5, 5.41) is 11.8. The Kier molecular flexibility index (Phi) is 5.63. The smallest absolute Gasteiger partial charge is 0.404 e. The monoisotopic (exact) mass is 366 g/mol. The van der Waals surface area contributed by atoms with Crippen LogP contribution in [0.15, 0.2) is 18.5 Å². The van der Waals surface area contributed by atoms with Crippen LogP contribution in [-0.4, -0.2) is 49.7 Å². The minimum atomic E-state index is -1.95. The first-order valence-corrected chi connectivity index (χ1v) is 11.5. The summed E-state index contributed by atoms with van der Waals surface area (Å²) in [6.45, 7) is 12.3. The molecular weight excluding hydrogens is 336 g/mol. The summed E-state index contributed by atoms with van der Waals surface area (Å²) >= 11 is 0. The van der Waals surface area contributed by atoms with Gasteiger partial charge in [-0.15, -0.1) is 0 Å². The zero-order valence-electron chi connectivity index (χ0n) is 15.7. The Hall–Kier alpha value is -1.80. The standard InChI is InChI=1S/C17H30N4O3Si/c1-17(2,3)25(4,5)24-13-8-12(20-16(22)23)10-21(11-13)15-6-7-19-9-14(15)18/h6-7,9,12-13,20H,8,10-11,18H2,1-5H3,(H,22,23)/t12-,13-/m1/s1. The van der Waals surface area contributed by atoms with Gasteiger partial charge in [0.05, 0.1) is 29.7 Å². The highest BCUT2D eigenvalue weighted by Crippen LogP contribution is 2.38. The van der Waals surface area contributed by atoms with Gasteiger partial charge in [-0.1, -0.05) is 20.8 Å². The van der Waals surface area contributed by atoms with Crippen LogP contribution < -0.4 is 16.0 Å². The van der Waals surface area contributed by atoms with E-state index in [9.17, 15) is 4.79 Å². The fraction of sp³-hybridized carbons (Fsp3) is 0.647. The van der Waals surface area contributed by atoms with E-state index in [1.54, 1.807) is 12.4 Å². The molecule has 0 bridgehead atoms. The van der Waals surface area contributed by atoms with Crippen LogP contribution in [0.2, 0.25) is 18.1 Å². The third-order valence-corrected chi connectivity index (χ3v) is 9.71. The maximum Gasteiger partial charge on any atom is 0.404 e. The molecule has 8 heteroatoms. The van der Waals surface area contributed by atoms with Crippen molar-refractivity contribution in [3.05, 3.63) is 18.5 Å². The number of nitrogens with zero attached hydrogens (tertiary/aromatic N) is 2. The highest BCUT2D eigenvalue weighted by atomic mass is 28.4. The first-order valence-electron chi connectivity index (χ1n) is 8.61. The van der Waals surface area contributed by atoms with Gasteiger partial charge in [0.1, 0.15) is 0 Å². The van der Waals surface area contributed by atoms with Gasteiger partial charge in [0.15, 0.2) is 8.32 Å². The van der Waals surface area contributed by atoms with Gasteiger partial charge in [-0.25, -0.2) is 4.79 Å². The quantitative estimate of drug-likeness (QED) is 0.708. The highest BCUT2D eigenvalue weighted by Gasteiger charge is 2.41. The fourth-order valence-electron chi connectivity index (χ4n) is 2.89. The first kappa shape index (κ1) is 19.5. The summed E-state index contributed by atoms with van der Waals surface area (Å²) < 4.78 is 6.55. The van der Waals surface area contributed by atoms with Gasteiger partial charge >= 0.3 is 6.09 Å². The lowest BCUT2D eigenvalue weighted by Crippen LogP contribution is -2.56. The van der Waals surface area contributed by atoms with Gasteiger partial charge in [0.25, 0.3) is 0 Å². The van der Waals surface area contributed by atoms with E-state index in [-0.39, 0.29) is 17.2 Å². The van der Waals surface area contributed by atoms with Crippen molar-refractivity contribution in [2.45, 2.75) is 57.5 Å². The Morgan fingerprint density at radius 2 is 2.12 bits per heavy atom. The number of nitrogens with one attached hydrogen (secondary N) is 1. The molecule has 1 aromatic rings. The number of amides is 1. The van der Waals surface area contributed by atoms with Gasteiger partial charge in [0, 0.05) is 19.3 Å². The topological polar surface area (TPSA) is 101 Å². The molecule has 1 saturated heterocycles. The molecule has 0 saturated carbocycles. The van der Waals surface area contributed by atoms with E-state index in [4.69, 9.17) is 15.3 Å². The van der Waals surface area contributed by atoms with Crippen LogP contribution in [0.4, 0.5) is 16.2 Å². The van der Waals surface area contributed by atoms with Gasteiger partial charge in [-0.2, -0.15) is 0 Å². The van der Waals surface area contributed by atoms with E-state index in [2.05, 4.69) is 49.1 Å². The molecule has 2 heterocycles. The average molecular weight is 367 g/mol. The van der Waals surface area contributed by atoms with E-state index in [1.807, 2.05) is 6.07 Å². The lowest BCUT2D eigenvalue weighted by atomic mass is 10.0. The summed E-state index contributed by atoms with van der Waals surface area (Å²) in [7, 11) is -1.95. The Balaban J connectivity index is 2.22. The molecule has 1 aliphatic heterocycles. The molecule has 1 aliphatic rings. The van der Waals surface area contributed by atoms with E-state index in [0.29, 0.717) is 25.2 Å². The average Bonchev–Trinajstić information content (AvgIpc) is 2.44. The van der Waals surface area contributed by atoms with Crippen molar-refractivity contribution in [1.29, 1.82) is 0 Å². The van der Waals surface area contributed by atoms with Crippen LogP contribution >= 0.6 is 0 Å². The second-order valence-corrected chi connectivity index (χ2v) is 13.0. The van der Waals surface area contributed by atoms with Crippen LogP contribution in [0.5, 0.6) is 0 Å². The molecule has 140 valence electrons. The second-order valence-electron chi connectivity index (χ2n) is 8.22. The number of anilines is 2. The summed E-state index contributed by atoms with van der Waals surface area (Å²) in [4.78, 5) is 17.3. The molecule has 0 aromatic carbocycles. The van der Waals surface area contributed by atoms with Gasteiger partial charge in [0.2, 0.25) is 0 Å². The molecule has 4 N–H and O–H groups in total. The molecule has 0 spiro atoms. The molecule has 2 rings (SSSR count). The van der Waals surface area contributed by atoms with Crippen LogP contribution in [0.3, 0.4) is 0 Å². The summed E-state index contributed by atoms with van der Waals surface area (Å²) in [6, 6.07) is 1.66. The molecule has 0 radical (unpaired) electrons. The van der Waals surface area contributed by atoms with Crippen molar-refractivity contribution in [2.75, 3.05) is 23.7 Å². The largest absolute Gasteiger partial charge is 0.465 e. The van der Waals surface area contributed by atoms with E-state index < -0.39 is 14.4 Å². The number of hydrogen-bond donors (Lipinski definition) is 3. The number of aromatic nitrogens is 1. The van der Waals surface area contributed by atoms with Crippen molar-refractivity contribution in [3.63, 3.8) is 0 Å². The van der Waals surface area contributed by atoms with E-state index >= 15 is 0 Å². The van der Waals surface area contributed by atoms with Crippen LogP contribution in [0.25, 0.3) is 0 Å². The second kappa shape index (κ2) is 7.21. The molecule has 1 amide bonds. The highest BCUT2D eigenvalue weighted by molar-refractivity contribution is 6.74. The summed E-state index contributed by atoms with van der Waals surface area (Å²) in [5.41, 5.74) is 7.53. The number of carbonyl (C=O) groups is 1. The SMILES string of the molecule is CC(C)(C)[Si](C)(C)O[C@@H]1C[C@@H](NC(=O)O)CN(c2ccncc2N)C1. The Morgan fingerprint density at radius 3 is 2.68 bits per heavy atom. The lowest BCUT2D eigenvalue weighted by molar-refractivity contribution is 0.138. The molecule has 0 unspecified atom stereocenters. The number of rotatable bonds is 4. The number of nitrogen functional groups attached to an aromatic ring is 1. The van der Waals surface area contributed by atoms with Crippen molar-refractivity contribution in [1.82, 2.24) is 10.3 Å². The van der Waals surface area contributed by atoms with E-state index in [0.717, 1.165) is 5.69 Å². The molecule has 7 nitrogen and oxygen atoms in total. The number of piperidine rings is 1. The van der Waals surface area contributed by atoms with Crippen LogP contribution in [0.1, 0.15) is 27.2 Å². The van der Waals surface area contributed by atoms with Gasteiger partial charge in [-0.3, -0.25) is 4.98 Å². The lowest BCUT2D eigenvalue weighted by Gasteiger charge is -2.45. The molecule has 25 heavy (non-hydrogen) atoms. The molecule has 1 fully saturated rings. The van der Waals surface area contributed by atoms with Crippen molar-refractivity contribution in [3.8, 4) is 0 Å². The zero-order valence-corrected chi connectivity index (χ0v) is 16.7. The van der Waals surface area contributed by atoms with Crippen LogP contribution in [-0.2, 0) is 4.43 Å². The predicted molar refractivity (Wildman–Crippen MR) is 102 cm³/mol. The first-order chi connectivity index (χ1) is 11.5. The van der Waals surface area contributed by atoms with Crippen LogP contribution in [0, 0.1) is 0 Å².